The summed E-state index contributed by atoms with van der Waals surface area (Å²) in [5.41, 5.74) is 2.17. The topological polar surface area (TPSA) is 94.6 Å². The number of carbonyl (C=O) groups is 3. The quantitative estimate of drug-likeness (QED) is 0.160. The standard InChI is InChI=1S/C33H28N2O7/c1-3-40-25-17-15-23(16-18-25)34-31(36)28-29(35(42-30(28)32(34)37)24-12-8-5-9-13-24)22-14-19-26(27(20-22)39-2)41-33(38)21-10-6-4-7-11-21/h4-20,28-30H,3H2,1-2H3/t28-,29-,30-/m0/s1. The first-order valence-corrected chi connectivity index (χ1v) is 13.6. The predicted octanol–water partition coefficient (Wildman–Crippen LogP) is 5.36. The Labute approximate surface area is 242 Å². The Hall–Kier alpha value is -5.15. The Morgan fingerprint density at radius 1 is 0.810 bits per heavy atom. The SMILES string of the molecule is CCOc1ccc(N2C(=O)[C@@H]3[C@H](ON(c4ccccc4)[C@H]3c3ccc(OC(=O)c4ccccc4)c(OC)c3)C2=O)cc1. The zero-order chi connectivity index (χ0) is 29.2. The number of fused-ring (bicyclic) bond motifs is 1. The summed E-state index contributed by atoms with van der Waals surface area (Å²) in [6.07, 6.45) is -1.03. The van der Waals surface area contributed by atoms with E-state index >= 15 is 0 Å². The van der Waals surface area contributed by atoms with Crippen molar-refractivity contribution >= 4 is 29.2 Å². The summed E-state index contributed by atoms with van der Waals surface area (Å²) >= 11 is 0. The molecule has 2 aliphatic heterocycles. The van der Waals surface area contributed by atoms with Gasteiger partial charge in [-0.25, -0.2) is 14.8 Å². The number of hydrogen-bond acceptors (Lipinski definition) is 8. The first kappa shape index (κ1) is 27.0. The van der Waals surface area contributed by atoms with Crippen LogP contribution in [0.15, 0.2) is 103 Å². The number of esters is 1. The maximum absolute atomic E-state index is 14.0. The third kappa shape index (κ3) is 4.84. The Morgan fingerprint density at radius 3 is 2.17 bits per heavy atom. The number of para-hydroxylation sites is 1. The summed E-state index contributed by atoms with van der Waals surface area (Å²) in [5.74, 6) is -1.03. The summed E-state index contributed by atoms with van der Waals surface area (Å²) in [7, 11) is 1.47. The van der Waals surface area contributed by atoms with Gasteiger partial charge in [0.2, 0.25) is 5.91 Å². The zero-order valence-electron chi connectivity index (χ0n) is 23.0. The second-order valence-electron chi connectivity index (χ2n) is 9.76. The molecule has 0 aliphatic carbocycles. The van der Waals surface area contributed by atoms with Gasteiger partial charge in [-0.05, 0) is 73.2 Å². The lowest BCUT2D eigenvalue weighted by Gasteiger charge is -2.29. The molecule has 9 heteroatoms. The molecule has 2 amide bonds. The Balaban J connectivity index is 1.35. The van der Waals surface area contributed by atoms with Crippen LogP contribution in [0.5, 0.6) is 17.2 Å². The molecular formula is C33H28N2O7. The van der Waals surface area contributed by atoms with E-state index in [1.165, 1.54) is 12.0 Å². The van der Waals surface area contributed by atoms with Crippen molar-refractivity contribution in [3.05, 3.63) is 114 Å². The van der Waals surface area contributed by atoms with Crippen LogP contribution in [0.2, 0.25) is 0 Å². The number of hydroxylamine groups is 1. The molecular weight excluding hydrogens is 536 g/mol. The van der Waals surface area contributed by atoms with Crippen molar-refractivity contribution in [2.24, 2.45) is 5.92 Å². The molecule has 0 N–H and O–H groups in total. The summed E-state index contributed by atoms with van der Waals surface area (Å²) in [6.45, 7) is 2.39. The molecule has 6 rings (SSSR count). The minimum Gasteiger partial charge on any atom is -0.494 e. The van der Waals surface area contributed by atoms with Crippen LogP contribution in [-0.4, -0.2) is 37.6 Å². The van der Waals surface area contributed by atoms with Gasteiger partial charge in [0.05, 0.1) is 36.7 Å². The summed E-state index contributed by atoms with van der Waals surface area (Å²) in [5, 5.41) is 1.60. The van der Waals surface area contributed by atoms with E-state index in [-0.39, 0.29) is 11.7 Å². The molecule has 0 unspecified atom stereocenters. The number of nitrogens with zero attached hydrogens (tertiary/aromatic N) is 2. The number of anilines is 2. The molecule has 0 bridgehead atoms. The van der Waals surface area contributed by atoms with Gasteiger partial charge in [0.15, 0.2) is 17.6 Å². The van der Waals surface area contributed by atoms with Crippen molar-refractivity contribution in [3.8, 4) is 17.2 Å². The predicted molar refractivity (Wildman–Crippen MR) is 155 cm³/mol. The maximum atomic E-state index is 14.0. The zero-order valence-corrected chi connectivity index (χ0v) is 23.0. The van der Waals surface area contributed by atoms with E-state index in [1.807, 2.05) is 43.3 Å². The van der Waals surface area contributed by atoms with E-state index in [4.69, 9.17) is 19.0 Å². The fraction of sp³-hybridized carbons (Fsp3) is 0.182. The first-order chi connectivity index (χ1) is 20.5. The molecule has 212 valence electrons. The highest BCUT2D eigenvalue weighted by molar-refractivity contribution is 6.24. The summed E-state index contributed by atoms with van der Waals surface area (Å²) in [6, 6.07) is 29.1. The molecule has 4 aromatic carbocycles. The van der Waals surface area contributed by atoms with Gasteiger partial charge < -0.3 is 14.2 Å². The molecule has 2 fully saturated rings. The van der Waals surface area contributed by atoms with Crippen molar-refractivity contribution in [3.63, 3.8) is 0 Å². The summed E-state index contributed by atoms with van der Waals surface area (Å²) < 4.78 is 16.7. The molecule has 2 heterocycles. The van der Waals surface area contributed by atoms with Crippen molar-refractivity contribution in [2.75, 3.05) is 23.7 Å². The van der Waals surface area contributed by atoms with E-state index in [9.17, 15) is 14.4 Å². The number of ether oxygens (including phenoxy) is 3. The third-order valence-electron chi connectivity index (χ3n) is 7.27. The minimum atomic E-state index is -1.03. The van der Waals surface area contributed by atoms with Crippen LogP contribution in [-0.2, 0) is 14.4 Å². The lowest BCUT2D eigenvalue weighted by molar-refractivity contribution is -0.126. The van der Waals surface area contributed by atoms with Gasteiger partial charge in [-0.1, -0.05) is 42.5 Å². The second kappa shape index (κ2) is 11.4. The molecule has 0 saturated carbocycles. The average molecular weight is 565 g/mol. The Kier molecular flexibility index (Phi) is 7.33. The molecule has 3 atom stereocenters. The van der Waals surface area contributed by atoms with Crippen molar-refractivity contribution in [2.45, 2.75) is 19.1 Å². The Bertz CT molecular complexity index is 1610. The fourth-order valence-electron chi connectivity index (χ4n) is 5.35. The van der Waals surface area contributed by atoms with E-state index in [1.54, 1.807) is 71.8 Å². The Morgan fingerprint density at radius 2 is 1.50 bits per heavy atom. The number of benzene rings is 4. The lowest BCUT2D eigenvalue weighted by Crippen LogP contribution is -2.37. The minimum absolute atomic E-state index is 0.224. The monoisotopic (exact) mass is 564 g/mol. The first-order valence-electron chi connectivity index (χ1n) is 13.6. The van der Waals surface area contributed by atoms with Crippen molar-refractivity contribution < 1.29 is 33.4 Å². The normalized spacial score (nSPS) is 19.5. The highest BCUT2D eigenvalue weighted by atomic mass is 16.7. The lowest BCUT2D eigenvalue weighted by atomic mass is 9.90. The molecule has 0 spiro atoms. The average Bonchev–Trinajstić information content (AvgIpc) is 3.54. The number of carbonyl (C=O) groups excluding carboxylic acids is 3. The molecule has 9 nitrogen and oxygen atoms in total. The molecule has 2 aliphatic rings. The van der Waals surface area contributed by atoms with E-state index in [2.05, 4.69) is 0 Å². The molecule has 0 aromatic heterocycles. The van der Waals surface area contributed by atoms with Gasteiger partial charge in [-0.3, -0.25) is 14.4 Å². The van der Waals surface area contributed by atoms with Gasteiger partial charge in [0.25, 0.3) is 5.91 Å². The van der Waals surface area contributed by atoms with Gasteiger partial charge in [0.1, 0.15) is 11.7 Å². The van der Waals surface area contributed by atoms with Crippen LogP contribution in [0, 0.1) is 5.92 Å². The van der Waals surface area contributed by atoms with E-state index in [0.717, 1.165) is 0 Å². The number of hydrogen-bond donors (Lipinski definition) is 0. The number of imide groups is 1. The van der Waals surface area contributed by atoms with Gasteiger partial charge in [0, 0.05) is 0 Å². The smallest absolute Gasteiger partial charge is 0.343 e. The highest BCUT2D eigenvalue weighted by Crippen LogP contribution is 2.48. The van der Waals surface area contributed by atoms with Crippen LogP contribution in [0.4, 0.5) is 11.4 Å². The largest absolute Gasteiger partial charge is 0.494 e. The number of amides is 2. The second-order valence-corrected chi connectivity index (χ2v) is 9.76. The number of methoxy groups -OCH3 is 1. The van der Waals surface area contributed by atoms with Gasteiger partial charge in [-0.2, -0.15) is 0 Å². The van der Waals surface area contributed by atoms with Crippen LogP contribution < -0.4 is 24.2 Å². The summed E-state index contributed by atoms with van der Waals surface area (Å²) in [4.78, 5) is 47.7. The molecule has 0 radical (unpaired) electrons. The van der Waals surface area contributed by atoms with Crippen LogP contribution in [0.1, 0.15) is 28.9 Å². The van der Waals surface area contributed by atoms with E-state index < -0.39 is 29.9 Å². The van der Waals surface area contributed by atoms with Gasteiger partial charge in [-0.15, -0.1) is 0 Å². The number of rotatable bonds is 8. The molecule has 42 heavy (non-hydrogen) atoms. The van der Waals surface area contributed by atoms with Crippen LogP contribution >= 0.6 is 0 Å². The van der Waals surface area contributed by atoms with E-state index in [0.29, 0.717) is 40.6 Å². The van der Waals surface area contributed by atoms with Crippen molar-refractivity contribution in [1.29, 1.82) is 0 Å². The highest BCUT2D eigenvalue weighted by Gasteiger charge is 2.60. The van der Waals surface area contributed by atoms with Crippen LogP contribution in [0.3, 0.4) is 0 Å². The third-order valence-corrected chi connectivity index (χ3v) is 7.27. The molecule has 4 aromatic rings. The van der Waals surface area contributed by atoms with Crippen molar-refractivity contribution in [1.82, 2.24) is 0 Å². The maximum Gasteiger partial charge on any atom is 0.343 e. The molecule has 2 saturated heterocycles. The van der Waals surface area contributed by atoms with Gasteiger partial charge >= 0.3 is 5.97 Å². The van der Waals surface area contributed by atoms with Crippen LogP contribution in [0.25, 0.3) is 0 Å². The fourth-order valence-corrected chi connectivity index (χ4v) is 5.35.